The molecule has 12 heteroatoms. The molecule has 0 radical (unpaired) electrons. The SMILES string of the molecule is CCN1CCC(NC(=O)c2cc(Cl)c(Nc3ncc4c(n3)N(C3CCCC3)N(CC)C(=O)N4C)cc2F)CC1. The van der Waals surface area contributed by atoms with E-state index >= 15 is 4.39 Å². The van der Waals surface area contributed by atoms with Crippen LogP contribution in [0.15, 0.2) is 18.3 Å². The summed E-state index contributed by atoms with van der Waals surface area (Å²) in [6.07, 6.45) is 7.39. The van der Waals surface area contributed by atoms with Crippen LogP contribution in [0.25, 0.3) is 0 Å². The fourth-order valence-electron chi connectivity index (χ4n) is 5.71. The maximum absolute atomic E-state index is 15.1. The lowest BCUT2D eigenvalue weighted by Crippen LogP contribution is -2.59. The van der Waals surface area contributed by atoms with Crippen molar-refractivity contribution in [3.8, 4) is 0 Å². The summed E-state index contributed by atoms with van der Waals surface area (Å²) in [5.41, 5.74) is 0.763. The Kier molecular flexibility index (Phi) is 8.08. The van der Waals surface area contributed by atoms with Crippen molar-refractivity contribution in [2.45, 2.75) is 64.5 Å². The Balaban J connectivity index is 1.36. The van der Waals surface area contributed by atoms with Crippen LogP contribution in [0.4, 0.5) is 32.3 Å². The van der Waals surface area contributed by atoms with E-state index in [9.17, 15) is 9.59 Å². The zero-order valence-electron chi connectivity index (χ0n) is 22.7. The molecule has 0 bridgehead atoms. The number of hydrogen-bond donors (Lipinski definition) is 2. The van der Waals surface area contributed by atoms with Gasteiger partial charge in [0.05, 0.1) is 28.5 Å². The number of hydrazine groups is 1. The first kappa shape index (κ1) is 27.4. The first-order valence-corrected chi connectivity index (χ1v) is 14.2. The van der Waals surface area contributed by atoms with E-state index in [-0.39, 0.29) is 40.3 Å². The number of rotatable bonds is 7. The fourth-order valence-corrected chi connectivity index (χ4v) is 5.93. The summed E-state index contributed by atoms with van der Waals surface area (Å²) in [7, 11) is 1.70. The molecule has 10 nitrogen and oxygen atoms in total. The lowest BCUT2D eigenvalue weighted by atomic mass is 10.0. The number of aromatic nitrogens is 2. The van der Waals surface area contributed by atoms with Crippen LogP contribution in [-0.4, -0.2) is 77.1 Å². The Hall–Kier alpha value is -3.18. The van der Waals surface area contributed by atoms with Crippen LogP contribution in [0.1, 0.15) is 62.7 Å². The maximum Gasteiger partial charge on any atom is 0.343 e. The number of nitrogens with one attached hydrogen (secondary N) is 2. The first-order valence-electron chi connectivity index (χ1n) is 13.8. The van der Waals surface area contributed by atoms with Crippen LogP contribution < -0.4 is 20.5 Å². The van der Waals surface area contributed by atoms with Crippen LogP contribution in [0.3, 0.4) is 0 Å². The van der Waals surface area contributed by atoms with Crippen LogP contribution in [0.5, 0.6) is 0 Å². The highest BCUT2D eigenvalue weighted by Gasteiger charge is 2.39. The van der Waals surface area contributed by atoms with Gasteiger partial charge in [-0.05, 0) is 51.3 Å². The van der Waals surface area contributed by atoms with Gasteiger partial charge in [-0.3, -0.25) is 14.7 Å². The molecule has 0 spiro atoms. The molecule has 39 heavy (non-hydrogen) atoms. The number of nitrogens with zero attached hydrogens (tertiary/aromatic N) is 6. The average Bonchev–Trinajstić information content (AvgIpc) is 3.47. The highest BCUT2D eigenvalue weighted by molar-refractivity contribution is 6.33. The van der Waals surface area contributed by atoms with Crippen LogP contribution in [0, 0.1) is 5.82 Å². The Morgan fingerprint density at radius 2 is 1.85 bits per heavy atom. The summed E-state index contributed by atoms with van der Waals surface area (Å²) in [4.78, 5) is 38.8. The zero-order valence-corrected chi connectivity index (χ0v) is 23.5. The topological polar surface area (TPSA) is 96.9 Å². The molecule has 2 N–H and O–H groups in total. The third-order valence-electron chi connectivity index (χ3n) is 7.98. The molecule has 2 aliphatic heterocycles. The number of carbonyl (C=O) groups excluding carboxylic acids is 2. The van der Waals surface area contributed by atoms with Crippen molar-refractivity contribution in [2.24, 2.45) is 0 Å². The molecular formula is C27H36ClFN8O2. The third-order valence-corrected chi connectivity index (χ3v) is 8.30. The van der Waals surface area contributed by atoms with Gasteiger partial charge in [-0.25, -0.2) is 19.2 Å². The Morgan fingerprint density at radius 3 is 2.51 bits per heavy atom. The van der Waals surface area contributed by atoms with Gasteiger partial charge in [0.25, 0.3) is 5.91 Å². The highest BCUT2D eigenvalue weighted by atomic mass is 35.5. The quantitative estimate of drug-likeness (QED) is 0.504. The van der Waals surface area contributed by atoms with Crippen LogP contribution in [-0.2, 0) is 0 Å². The first-order chi connectivity index (χ1) is 18.8. The summed E-state index contributed by atoms with van der Waals surface area (Å²) >= 11 is 6.50. The number of amides is 3. The number of anilines is 4. The van der Waals surface area contributed by atoms with Gasteiger partial charge in [0.15, 0.2) is 5.82 Å². The minimum Gasteiger partial charge on any atom is -0.349 e. The number of hydrogen-bond acceptors (Lipinski definition) is 7. The van der Waals surface area contributed by atoms with Crippen molar-refractivity contribution in [1.82, 2.24) is 25.2 Å². The largest absolute Gasteiger partial charge is 0.349 e. The number of halogens is 2. The predicted molar refractivity (Wildman–Crippen MR) is 150 cm³/mol. The van der Waals surface area contributed by atoms with E-state index in [2.05, 4.69) is 27.4 Å². The van der Waals surface area contributed by atoms with Gasteiger partial charge in [-0.2, -0.15) is 4.98 Å². The van der Waals surface area contributed by atoms with Gasteiger partial charge < -0.3 is 15.5 Å². The van der Waals surface area contributed by atoms with Crippen molar-refractivity contribution < 1.29 is 14.0 Å². The van der Waals surface area contributed by atoms with Crippen LogP contribution in [0.2, 0.25) is 5.02 Å². The predicted octanol–water partition coefficient (Wildman–Crippen LogP) is 4.78. The molecule has 1 aromatic heterocycles. The summed E-state index contributed by atoms with van der Waals surface area (Å²) < 4.78 is 15.1. The van der Waals surface area contributed by atoms with Gasteiger partial charge in [0, 0.05) is 32.7 Å². The second-order valence-corrected chi connectivity index (χ2v) is 10.8. The van der Waals surface area contributed by atoms with E-state index < -0.39 is 11.7 Å². The monoisotopic (exact) mass is 558 g/mol. The zero-order chi connectivity index (χ0) is 27.7. The summed E-state index contributed by atoms with van der Waals surface area (Å²) in [6.45, 7) is 7.36. The second kappa shape index (κ2) is 11.5. The van der Waals surface area contributed by atoms with E-state index in [1.54, 1.807) is 23.2 Å². The Labute approximate surface area is 233 Å². The van der Waals surface area contributed by atoms with Crippen molar-refractivity contribution in [2.75, 3.05) is 48.5 Å². The van der Waals surface area contributed by atoms with E-state index in [0.29, 0.717) is 18.1 Å². The van der Waals surface area contributed by atoms with Gasteiger partial charge in [-0.1, -0.05) is 31.4 Å². The summed E-state index contributed by atoms with van der Waals surface area (Å²) in [5, 5.41) is 9.83. The number of piperidine rings is 1. The van der Waals surface area contributed by atoms with Crippen molar-refractivity contribution in [1.29, 1.82) is 0 Å². The molecule has 3 heterocycles. The molecule has 0 unspecified atom stereocenters. The number of likely N-dealkylation sites (tertiary alicyclic amines) is 1. The van der Waals surface area contributed by atoms with Gasteiger partial charge in [-0.15, -0.1) is 0 Å². The van der Waals surface area contributed by atoms with Gasteiger partial charge >= 0.3 is 6.03 Å². The molecule has 1 saturated carbocycles. The van der Waals surface area contributed by atoms with Crippen LogP contribution >= 0.6 is 11.6 Å². The minimum absolute atomic E-state index is 0.00989. The third kappa shape index (κ3) is 5.47. The molecule has 1 aliphatic carbocycles. The van der Waals surface area contributed by atoms with Crippen molar-refractivity contribution in [3.05, 3.63) is 34.7 Å². The highest BCUT2D eigenvalue weighted by Crippen LogP contribution is 2.39. The number of benzene rings is 1. The molecule has 1 aromatic carbocycles. The molecule has 3 aliphatic rings. The number of carbonyl (C=O) groups is 2. The van der Waals surface area contributed by atoms with Gasteiger partial charge in [0.1, 0.15) is 11.5 Å². The number of fused-ring (bicyclic) bond motifs is 1. The standard InChI is InChI=1S/C27H36ClFN8O2/c1-4-35-12-10-17(11-13-35)31-25(38)19-14-20(28)22(15-21(19)29)32-26-30-16-23-24(33-26)37(18-8-6-7-9-18)36(5-2)27(39)34(23)3/h14-18H,4-13H2,1-3H3,(H,31,38)(H,30,32,33). The Morgan fingerprint density at radius 1 is 1.13 bits per heavy atom. The molecule has 210 valence electrons. The lowest BCUT2D eigenvalue weighted by Gasteiger charge is -2.45. The second-order valence-electron chi connectivity index (χ2n) is 10.4. The van der Waals surface area contributed by atoms with E-state index in [1.165, 1.54) is 12.1 Å². The average molecular weight is 559 g/mol. The molecule has 3 amide bonds. The normalized spacial score (nSPS) is 19.0. The maximum atomic E-state index is 15.1. The summed E-state index contributed by atoms with van der Waals surface area (Å²) in [5.74, 6) is -0.319. The fraction of sp³-hybridized carbons (Fsp3) is 0.556. The van der Waals surface area contributed by atoms with Crippen molar-refractivity contribution >= 4 is 46.7 Å². The molecule has 1 saturated heterocycles. The van der Waals surface area contributed by atoms with E-state index in [1.807, 2.05) is 11.9 Å². The Bertz CT molecular complexity index is 1230. The number of urea groups is 1. The lowest BCUT2D eigenvalue weighted by molar-refractivity contribution is 0.0908. The van der Waals surface area contributed by atoms with E-state index in [4.69, 9.17) is 16.6 Å². The molecule has 5 rings (SSSR count). The van der Waals surface area contributed by atoms with E-state index in [0.717, 1.165) is 58.2 Å². The molecule has 2 aromatic rings. The molecular weight excluding hydrogens is 523 g/mol. The minimum atomic E-state index is -0.682. The molecule has 2 fully saturated rings. The summed E-state index contributed by atoms with van der Waals surface area (Å²) in [6, 6.07) is 2.58. The van der Waals surface area contributed by atoms with Crippen molar-refractivity contribution in [3.63, 3.8) is 0 Å². The van der Waals surface area contributed by atoms with Gasteiger partial charge in [0.2, 0.25) is 5.95 Å². The molecule has 0 atom stereocenters. The smallest absolute Gasteiger partial charge is 0.343 e.